The van der Waals surface area contributed by atoms with Gasteiger partial charge in [0, 0.05) is 17.6 Å². The fourth-order valence-electron chi connectivity index (χ4n) is 2.53. The lowest BCUT2D eigenvalue weighted by molar-refractivity contribution is -0.122. The van der Waals surface area contributed by atoms with Gasteiger partial charge in [0.15, 0.2) is 11.4 Å². The predicted molar refractivity (Wildman–Crippen MR) is 75.8 cm³/mol. The zero-order chi connectivity index (χ0) is 13.4. The van der Waals surface area contributed by atoms with Crippen LogP contribution in [0.2, 0.25) is 0 Å². The quantitative estimate of drug-likeness (QED) is 0.920. The average molecular weight is 324 g/mol. The van der Waals surface area contributed by atoms with Crippen molar-refractivity contribution in [3.8, 4) is 0 Å². The minimum atomic E-state index is -0.237. The van der Waals surface area contributed by atoms with Crippen LogP contribution < -0.4 is 10.6 Å². The molecule has 0 spiro atoms. The van der Waals surface area contributed by atoms with Gasteiger partial charge in [-0.05, 0) is 31.0 Å². The molecule has 1 saturated heterocycles. The maximum absolute atomic E-state index is 11.3. The first-order valence-corrected chi connectivity index (χ1v) is 7.03. The fraction of sp³-hybridized carbons (Fsp3) is 0.385. The van der Waals surface area contributed by atoms with E-state index in [4.69, 9.17) is 10.3 Å². The number of aromatic nitrogens is 1. The van der Waals surface area contributed by atoms with Gasteiger partial charge in [-0.2, -0.15) is 0 Å². The molecule has 0 aliphatic carbocycles. The van der Waals surface area contributed by atoms with Crippen molar-refractivity contribution in [3.63, 3.8) is 0 Å². The van der Waals surface area contributed by atoms with Crippen LogP contribution in [0.5, 0.6) is 0 Å². The van der Waals surface area contributed by atoms with Crippen LogP contribution in [0.1, 0.15) is 12.8 Å². The van der Waals surface area contributed by atoms with Crippen LogP contribution in [0.25, 0.3) is 11.0 Å². The Labute approximate surface area is 118 Å². The van der Waals surface area contributed by atoms with Crippen molar-refractivity contribution >= 4 is 38.6 Å². The molecular weight excluding hydrogens is 310 g/mol. The number of benzene rings is 1. The lowest BCUT2D eigenvalue weighted by Crippen LogP contribution is -2.41. The van der Waals surface area contributed by atoms with Crippen LogP contribution >= 0.6 is 15.9 Å². The van der Waals surface area contributed by atoms with Crippen molar-refractivity contribution < 1.29 is 9.32 Å². The molecule has 2 aromatic rings. The van der Waals surface area contributed by atoms with Gasteiger partial charge in [-0.25, -0.2) is 0 Å². The molecule has 0 bridgehead atoms. The van der Waals surface area contributed by atoms with Gasteiger partial charge < -0.3 is 15.2 Å². The van der Waals surface area contributed by atoms with Gasteiger partial charge >= 0.3 is 0 Å². The van der Waals surface area contributed by atoms with E-state index >= 15 is 0 Å². The Balaban J connectivity index is 1.95. The molecule has 1 amide bonds. The van der Waals surface area contributed by atoms with Gasteiger partial charge in [-0.1, -0.05) is 21.1 Å². The van der Waals surface area contributed by atoms with E-state index in [1.165, 1.54) is 0 Å². The van der Waals surface area contributed by atoms with Crippen LogP contribution in [-0.2, 0) is 4.79 Å². The Bertz CT molecular complexity index is 625. The summed E-state index contributed by atoms with van der Waals surface area (Å²) in [6.07, 6.45) is 1.79. The molecule has 2 N–H and O–H groups in total. The first-order valence-electron chi connectivity index (χ1n) is 6.24. The van der Waals surface area contributed by atoms with Gasteiger partial charge in [-0.3, -0.25) is 4.79 Å². The van der Waals surface area contributed by atoms with Crippen LogP contribution in [-0.4, -0.2) is 24.2 Å². The molecule has 1 aromatic heterocycles. The summed E-state index contributed by atoms with van der Waals surface area (Å²) in [6, 6.07) is 5.78. The van der Waals surface area contributed by atoms with Crippen LogP contribution in [0.4, 0.5) is 5.82 Å². The Kier molecular flexibility index (Phi) is 3.18. The summed E-state index contributed by atoms with van der Waals surface area (Å²) in [5, 5.41) is 5.09. The highest BCUT2D eigenvalue weighted by Crippen LogP contribution is 2.31. The van der Waals surface area contributed by atoms with Gasteiger partial charge in [0.2, 0.25) is 5.91 Å². The molecule has 100 valence electrons. The molecule has 19 heavy (non-hydrogen) atoms. The molecule has 0 radical (unpaired) electrons. The van der Waals surface area contributed by atoms with E-state index in [9.17, 15) is 4.79 Å². The van der Waals surface area contributed by atoms with Gasteiger partial charge in [-0.15, -0.1) is 0 Å². The summed E-state index contributed by atoms with van der Waals surface area (Å²) in [5.74, 6) is 0.452. The standard InChI is InChI=1S/C13H14BrN3O2/c14-9-3-4-11-10(6-9)13(16-19-11)17-5-1-2-8(7-17)12(15)18/h3-4,6,8H,1-2,5,7H2,(H2,15,18). The lowest BCUT2D eigenvalue weighted by Gasteiger charge is -2.31. The minimum absolute atomic E-state index is 0.104. The number of nitrogens with zero attached hydrogens (tertiary/aromatic N) is 2. The molecule has 1 unspecified atom stereocenters. The Morgan fingerprint density at radius 2 is 2.37 bits per heavy atom. The normalized spacial score (nSPS) is 19.8. The molecule has 1 fully saturated rings. The number of fused-ring (bicyclic) bond motifs is 1. The number of halogens is 1. The molecule has 1 atom stereocenters. The molecular formula is C13H14BrN3O2. The van der Waals surface area contributed by atoms with Crippen molar-refractivity contribution in [1.82, 2.24) is 5.16 Å². The second kappa shape index (κ2) is 4.85. The molecule has 6 heteroatoms. The van der Waals surface area contributed by atoms with E-state index in [0.717, 1.165) is 40.6 Å². The number of carbonyl (C=O) groups is 1. The summed E-state index contributed by atoms with van der Waals surface area (Å²) < 4.78 is 6.30. The molecule has 1 aliphatic rings. The third kappa shape index (κ3) is 2.32. The maximum Gasteiger partial charge on any atom is 0.222 e. The molecule has 0 saturated carbocycles. The van der Waals surface area contributed by atoms with E-state index in [0.29, 0.717) is 6.54 Å². The van der Waals surface area contributed by atoms with Crippen LogP contribution in [0.15, 0.2) is 27.2 Å². The number of nitrogens with two attached hydrogens (primary N) is 1. The van der Waals surface area contributed by atoms with Crippen molar-refractivity contribution in [2.75, 3.05) is 18.0 Å². The largest absolute Gasteiger partial charge is 0.369 e. The average Bonchev–Trinajstić information content (AvgIpc) is 2.81. The van der Waals surface area contributed by atoms with Gasteiger partial charge in [0.1, 0.15) is 0 Å². The number of primary amides is 1. The first kappa shape index (κ1) is 12.5. The summed E-state index contributed by atoms with van der Waals surface area (Å²) in [4.78, 5) is 13.4. The molecule has 2 heterocycles. The number of hydrogen-bond donors (Lipinski definition) is 1. The number of hydrogen-bond acceptors (Lipinski definition) is 4. The summed E-state index contributed by atoms with van der Waals surface area (Å²) >= 11 is 3.45. The summed E-state index contributed by atoms with van der Waals surface area (Å²) in [5.41, 5.74) is 6.15. The van der Waals surface area contributed by atoms with E-state index < -0.39 is 0 Å². The third-order valence-corrected chi connectivity index (χ3v) is 4.03. The highest BCUT2D eigenvalue weighted by atomic mass is 79.9. The summed E-state index contributed by atoms with van der Waals surface area (Å²) in [6.45, 7) is 1.49. The highest BCUT2D eigenvalue weighted by molar-refractivity contribution is 9.10. The maximum atomic E-state index is 11.3. The van der Waals surface area contributed by atoms with Crippen molar-refractivity contribution in [1.29, 1.82) is 0 Å². The van der Waals surface area contributed by atoms with E-state index in [-0.39, 0.29) is 11.8 Å². The number of anilines is 1. The lowest BCUT2D eigenvalue weighted by atomic mass is 9.97. The number of piperidine rings is 1. The van der Waals surface area contributed by atoms with Gasteiger partial charge in [0.05, 0.1) is 11.3 Å². The van der Waals surface area contributed by atoms with Crippen LogP contribution in [0, 0.1) is 5.92 Å². The predicted octanol–water partition coefficient (Wildman–Crippen LogP) is 2.29. The fourth-order valence-corrected chi connectivity index (χ4v) is 2.89. The van der Waals surface area contributed by atoms with Crippen molar-refractivity contribution in [3.05, 3.63) is 22.7 Å². The van der Waals surface area contributed by atoms with Crippen molar-refractivity contribution in [2.24, 2.45) is 11.7 Å². The second-order valence-electron chi connectivity index (χ2n) is 4.83. The second-order valence-corrected chi connectivity index (χ2v) is 5.75. The smallest absolute Gasteiger partial charge is 0.222 e. The Morgan fingerprint density at radius 3 is 3.16 bits per heavy atom. The zero-order valence-corrected chi connectivity index (χ0v) is 11.9. The summed E-state index contributed by atoms with van der Waals surface area (Å²) in [7, 11) is 0. The van der Waals surface area contributed by atoms with E-state index in [1.807, 2.05) is 18.2 Å². The zero-order valence-electron chi connectivity index (χ0n) is 10.3. The topological polar surface area (TPSA) is 72.4 Å². The third-order valence-electron chi connectivity index (χ3n) is 3.54. The number of amides is 1. The Hall–Kier alpha value is -1.56. The first-order chi connectivity index (χ1) is 9.15. The monoisotopic (exact) mass is 323 g/mol. The minimum Gasteiger partial charge on any atom is -0.369 e. The number of carbonyl (C=O) groups excluding carboxylic acids is 1. The van der Waals surface area contributed by atoms with E-state index in [1.54, 1.807) is 0 Å². The Morgan fingerprint density at radius 1 is 1.53 bits per heavy atom. The van der Waals surface area contributed by atoms with Crippen molar-refractivity contribution in [2.45, 2.75) is 12.8 Å². The highest BCUT2D eigenvalue weighted by Gasteiger charge is 2.26. The van der Waals surface area contributed by atoms with E-state index in [2.05, 4.69) is 26.0 Å². The molecule has 5 nitrogen and oxygen atoms in total. The number of rotatable bonds is 2. The van der Waals surface area contributed by atoms with Crippen LogP contribution in [0.3, 0.4) is 0 Å². The molecule has 1 aromatic carbocycles. The van der Waals surface area contributed by atoms with Gasteiger partial charge in [0.25, 0.3) is 0 Å². The SMILES string of the molecule is NC(=O)C1CCCN(c2noc3ccc(Br)cc23)C1. The molecule has 1 aliphatic heterocycles. The molecule has 3 rings (SSSR count).